The van der Waals surface area contributed by atoms with Crippen LogP contribution in [0.25, 0.3) is 0 Å². The van der Waals surface area contributed by atoms with Crippen LogP contribution in [0.4, 0.5) is 5.82 Å². The molecule has 0 aliphatic carbocycles. The van der Waals surface area contributed by atoms with E-state index in [2.05, 4.69) is 17.2 Å². The number of aromatic nitrogens is 1. The molecule has 0 saturated carbocycles. The minimum absolute atomic E-state index is 0.0720. The molecule has 20 heavy (non-hydrogen) atoms. The first-order valence-corrected chi connectivity index (χ1v) is 6.93. The van der Waals surface area contributed by atoms with Gasteiger partial charge in [-0.2, -0.15) is 0 Å². The molecule has 0 saturated heterocycles. The van der Waals surface area contributed by atoms with Gasteiger partial charge in [0.05, 0.1) is 6.61 Å². The van der Waals surface area contributed by atoms with E-state index in [0.717, 1.165) is 23.6 Å². The van der Waals surface area contributed by atoms with Crippen molar-refractivity contribution < 1.29 is 4.74 Å². The summed E-state index contributed by atoms with van der Waals surface area (Å²) in [5.41, 5.74) is 7.27. The van der Waals surface area contributed by atoms with E-state index < -0.39 is 0 Å². The van der Waals surface area contributed by atoms with Gasteiger partial charge in [0, 0.05) is 18.8 Å². The monoisotopic (exact) mass is 271 g/mol. The van der Waals surface area contributed by atoms with Crippen molar-refractivity contribution in [3.8, 4) is 5.75 Å². The van der Waals surface area contributed by atoms with Crippen LogP contribution in [0.5, 0.6) is 5.75 Å². The summed E-state index contributed by atoms with van der Waals surface area (Å²) in [7, 11) is 0. The van der Waals surface area contributed by atoms with Gasteiger partial charge >= 0.3 is 0 Å². The van der Waals surface area contributed by atoms with Crippen molar-refractivity contribution in [1.29, 1.82) is 0 Å². The number of hydrogen-bond donors (Lipinski definition) is 2. The second kappa shape index (κ2) is 7.50. The molecule has 106 valence electrons. The van der Waals surface area contributed by atoms with E-state index in [1.54, 1.807) is 6.20 Å². The summed E-state index contributed by atoms with van der Waals surface area (Å²) in [5, 5.41) is 3.26. The van der Waals surface area contributed by atoms with Crippen molar-refractivity contribution in [2.75, 3.05) is 18.5 Å². The summed E-state index contributed by atoms with van der Waals surface area (Å²) in [4.78, 5) is 4.31. The van der Waals surface area contributed by atoms with Crippen molar-refractivity contribution >= 4 is 5.82 Å². The lowest BCUT2D eigenvalue weighted by Gasteiger charge is -2.15. The Morgan fingerprint density at radius 2 is 2.00 bits per heavy atom. The third-order valence-electron chi connectivity index (χ3n) is 2.95. The van der Waals surface area contributed by atoms with Crippen LogP contribution < -0.4 is 15.8 Å². The molecule has 0 radical (unpaired) electrons. The van der Waals surface area contributed by atoms with Crippen molar-refractivity contribution in [3.05, 3.63) is 54.2 Å². The lowest BCUT2D eigenvalue weighted by molar-refractivity contribution is 0.317. The van der Waals surface area contributed by atoms with Crippen LogP contribution in [0.1, 0.15) is 24.9 Å². The Kier molecular flexibility index (Phi) is 5.38. The highest BCUT2D eigenvalue weighted by Crippen LogP contribution is 2.21. The number of hydrogen-bond acceptors (Lipinski definition) is 4. The molecule has 4 heteroatoms. The van der Waals surface area contributed by atoms with Crippen molar-refractivity contribution in [3.63, 3.8) is 0 Å². The minimum Gasteiger partial charge on any atom is -0.490 e. The highest BCUT2D eigenvalue weighted by Gasteiger charge is 2.08. The summed E-state index contributed by atoms with van der Waals surface area (Å²) in [6, 6.07) is 13.7. The van der Waals surface area contributed by atoms with Crippen LogP contribution in [0, 0.1) is 0 Å². The van der Waals surface area contributed by atoms with Gasteiger partial charge in [0.25, 0.3) is 0 Å². The lowest BCUT2D eigenvalue weighted by atomic mass is 10.1. The molecule has 0 bridgehead atoms. The Balaban J connectivity index is 1.96. The van der Waals surface area contributed by atoms with Gasteiger partial charge in [0.1, 0.15) is 0 Å². The van der Waals surface area contributed by atoms with Gasteiger partial charge in [-0.05, 0) is 24.1 Å². The second-order valence-electron chi connectivity index (χ2n) is 4.60. The predicted octanol–water partition coefficient (Wildman–Crippen LogP) is 2.98. The predicted molar refractivity (Wildman–Crippen MR) is 81.9 cm³/mol. The number of pyridine rings is 1. The number of nitrogens with one attached hydrogen (secondary N) is 1. The Morgan fingerprint density at radius 1 is 1.20 bits per heavy atom. The summed E-state index contributed by atoms with van der Waals surface area (Å²) in [6.45, 7) is 3.38. The van der Waals surface area contributed by atoms with Gasteiger partial charge in [-0.15, -0.1) is 0 Å². The van der Waals surface area contributed by atoms with Crippen molar-refractivity contribution in [2.24, 2.45) is 5.73 Å². The SMILES string of the molecule is CCCOc1cccnc1NCC(N)c1ccccc1. The zero-order valence-corrected chi connectivity index (χ0v) is 11.8. The third kappa shape index (κ3) is 3.96. The molecule has 1 aromatic heterocycles. The van der Waals surface area contributed by atoms with Crippen molar-refractivity contribution in [2.45, 2.75) is 19.4 Å². The van der Waals surface area contributed by atoms with Crippen molar-refractivity contribution in [1.82, 2.24) is 4.98 Å². The Hall–Kier alpha value is -2.07. The molecule has 1 aromatic carbocycles. The first kappa shape index (κ1) is 14.3. The van der Waals surface area contributed by atoms with E-state index in [9.17, 15) is 0 Å². The molecule has 0 fully saturated rings. The van der Waals surface area contributed by atoms with E-state index in [1.165, 1.54) is 0 Å². The number of rotatable bonds is 7. The van der Waals surface area contributed by atoms with E-state index in [-0.39, 0.29) is 6.04 Å². The molecule has 0 amide bonds. The molecule has 3 N–H and O–H groups in total. The van der Waals surface area contributed by atoms with Crippen LogP contribution in [-0.4, -0.2) is 18.1 Å². The highest BCUT2D eigenvalue weighted by molar-refractivity contribution is 5.49. The Labute approximate surface area is 120 Å². The molecule has 4 nitrogen and oxygen atoms in total. The van der Waals surface area contributed by atoms with Gasteiger partial charge < -0.3 is 15.8 Å². The van der Waals surface area contributed by atoms with Crippen LogP contribution in [-0.2, 0) is 0 Å². The first-order chi connectivity index (χ1) is 9.81. The van der Waals surface area contributed by atoms with Crippen LogP contribution >= 0.6 is 0 Å². The van der Waals surface area contributed by atoms with E-state index in [1.807, 2.05) is 42.5 Å². The van der Waals surface area contributed by atoms with Crippen LogP contribution in [0.3, 0.4) is 0 Å². The van der Waals surface area contributed by atoms with Gasteiger partial charge in [-0.3, -0.25) is 0 Å². The van der Waals surface area contributed by atoms with Gasteiger partial charge in [-0.25, -0.2) is 4.98 Å². The number of nitrogens with two attached hydrogens (primary N) is 1. The quantitative estimate of drug-likeness (QED) is 0.812. The summed E-state index contributed by atoms with van der Waals surface area (Å²) in [5.74, 6) is 1.52. The average molecular weight is 271 g/mol. The smallest absolute Gasteiger partial charge is 0.168 e. The Morgan fingerprint density at radius 3 is 2.75 bits per heavy atom. The average Bonchev–Trinajstić information content (AvgIpc) is 2.52. The third-order valence-corrected chi connectivity index (χ3v) is 2.95. The zero-order valence-electron chi connectivity index (χ0n) is 11.8. The van der Waals surface area contributed by atoms with E-state index in [4.69, 9.17) is 10.5 Å². The molecule has 1 heterocycles. The second-order valence-corrected chi connectivity index (χ2v) is 4.60. The van der Waals surface area contributed by atoms with E-state index >= 15 is 0 Å². The number of ether oxygens (including phenoxy) is 1. The number of anilines is 1. The molecule has 1 unspecified atom stereocenters. The molecule has 2 aromatic rings. The molecule has 0 spiro atoms. The standard InChI is InChI=1S/C16H21N3O/c1-2-11-20-15-9-6-10-18-16(15)19-12-14(17)13-7-4-3-5-8-13/h3-10,14H,2,11-12,17H2,1H3,(H,18,19). The fourth-order valence-electron chi connectivity index (χ4n) is 1.88. The topological polar surface area (TPSA) is 60.2 Å². The van der Waals surface area contributed by atoms with Gasteiger partial charge in [0.2, 0.25) is 0 Å². The molecular weight excluding hydrogens is 250 g/mol. The molecule has 1 atom stereocenters. The van der Waals surface area contributed by atoms with Gasteiger partial charge in [-0.1, -0.05) is 37.3 Å². The summed E-state index contributed by atoms with van der Waals surface area (Å²) in [6.07, 6.45) is 2.72. The minimum atomic E-state index is -0.0720. The van der Waals surface area contributed by atoms with E-state index in [0.29, 0.717) is 13.2 Å². The number of nitrogens with zero attached hydrogens (tertiary/aromatic N) is 1. The highest BCUT2D eigenvalue weighted by atomic mass is 16.5. The maximum absolute atomic E-state index is 6.16. The van der Waals surface area contributed by atoms with Crippen LogP contribution in [0.15, 0.2) is 48.7 Å². The Bertz CT molecular complexity index is 516. The maximum Gasteiger partial charge on any atom is 0.168 e. The molecular formula is C16H21N3O. The lowest BCUT2D eigenvalue weighted by Crippen LogP contribution is -2.21. The zero-order chi connectivity index (χ0) is 14.2. The maximum atomic E-state index is 6.16. The fraction of sp³-hybridized carbons (Fsp3) is 0.312. The summed E-state index contributed by atoms with van der Waals surface area (Å²) >= 11 is 0. The molecule has 0 aliphatic rings. The number of benzene rings is 1. The fourth-order valence-corrected chi connectivity index (χ4v) is 1.88. The molecule has 2 rings (SSSR count). The summed E-state index contributed by atoms with van der Waals surface area (Å²) < 4.78 is 5.66. The first-order valence-electron chi connectivity index (χ1n) is 6.93. The molecule has 0 aliphatic heterocycles. The van der Waals surface area contributed by atoms with Crippen LogP contribution in [0.2, 0.25) is 0 Å². The normalized spacial score (nSPS) is 11.9. The van der Waals surface area contributed by atoms with Gasteiger partial charge in [0.15, 0.2) is 11.6 Å². The largest absolute Gasteiger partial charge is 0.490 e.